The highest BCUT2D eigenvalue weighted by molar-refractivity contribution is 5.89. The van der Waals surface area contributed by atoms with Gasteiger partial charge in [0.1, 0.15) is 17.5 Å². The zero-order chi connectivity index (χ0) is 15.5. The summed E-state index contributed by atoms with van der Waals surface area (Å²) in [6.07, 6.45) is 2.37. The third-order valence-corrected chi connectivity index (χ3v) is 3.64. The summed E-state index contributed by atoms with van der Waals surface area (Å²) in [6, 6.07) is 8.59. The zero-order valence-electron chi connectivity index (χ0n) is 12.4. The smallest absolute Gasteiger partial charge is 0.335 e. The first-order valence-electron chi connectivity index (χ1n) is 7.33. The number of rotatable bonds is 4. The predicted molar refractivity (Wildman–Crippen MR) is 84.9 cm³/mol. The van der Waals surface area contributed by atoms with E-state index in [1.165, 1.54) is 12.8 Å². The molecule has 0 bridgehead atoms. The lowest BCUT2D eigenvalue weighted by Gasteiger charge is -2.17. The van der Waals surface area contributed by atoms with E-state index in [9.17, 15) is 4.79 Å². The summed E-state index contributed by atoms with van der Waals surface area (Å²) < 4.78 is 0. The Hall–Kier alpha value is -2.63. The third kappa shape index (κ3) is 3.16. The van der Waals surface area contributed by atoms with E-state index in [4.69, 9.17) is 5.11 Å². The number of nitrogens with zero attached hydrogens (tertiary/aromatic N) is 3. The van der Waals surface area contributed by atoms with Crippen LogP contribution in [-0.4, -0.2) is 34.1 Å². The van der Waals surface area contributed by atoms with Crippen LogP contribution in [0.2, 0.25) is 0 Å². The van der Waals surface area contributed by atoms with Gasteiger partial charge in [0.25, 0.3) is 0 Å². The fourth-order valence-corrected chi connectivity index (χ4v) is 2.60. The molecular weight excluding hydrogens is 280 g/mol. The lowest BCUT2D eigenvalue weighted by molar-refractivity contribution is 0.0697. The number of benzene rings is 1. The standard InChI is InChI=1S/C16H18N4O2/c1-11-17-14(10-15(18-11)20-7-2-3-8-20)19-13-6-4-5-12(9-13)16(21)22/h4-6,9-10H,2-3,7-8H2,1H3,(H,21,22)(H,17,18,19). The summed E-state index contributed by atoms with van der Waals surface area (Å²) in [5.74, 6) is 1.35. The molecule has 0 amide bonds. The number of carbonyl (C=O) groups is 1. The number of carboxylic acids is 1. The van der Waals surface area contributed by atoms with Crippen LogP contribution in [0, 0.1) is 6.92 Å². The summed E-state index contributed by atoms with van der Waals surface area (Å²) in [5, 5.41) is 12.2. The fraction of sp³-hybridized carbons (Fsp3) is 0.312. The minimum absolute atomic E-state index is 0.246. The van der Waals surface area contributed by atoms with Gasteiger partial charge < -0.3 is 15.3 Å². The van der Waals surface area contributed by atoms with E-state index in [1.54, 1.807) is 18.2 Å². The van der Waals surface area contributed by atoms with Crippen LogP contribution in [0.25, 0.3) is 0 Å². The Morgan fingerprint density at radius 1 is 1.23 bits per heavy atom. The Bertz CT molecular complexity index is 696. The van der Waals surface area contributed by atoms with Gasteiger partial charge in [-0.25, -0.2) is 14.8 Å². The van der Waals surface area contributed by atoms with E-state index in [0.29, 0.717) is 17.3 Å². The topological polar surface area (TPSA) is 78.3 Å². The molecule has 0 spiro atoms. The van der Waals surface area contributed by atoms with Crippen LogP contribution in [0.15, 0.2) is 30.3 Å². The SMILES string of the molecule is Cc1nc(Nc2cccc(C(=O)O)c2)cc(N2CCCC2)n1. The number of hydrogen-bond acceptors (Lipinski definition) is 5. The molecule has 22 heavy (non-hydrogen) atoms. The van der Waals surface area contributed by atoms with E-state index < -0.39 is 5.97 Å². The van der Waals surface area contributed by atoms with Gasteiger partial charge in [0, 0.05) is 24.8 Å². The molecule has 114 valence electrons. The second kappa shape index (κ2) is 6.01. The quantitative estimate of drug-likeness (QED) is 0.903. The van der Waals surface area contributed by atoms with Crippen LogP contribution in [0.3, 0.4) is 0 Å². The van der Waals surface area contributed by atoms with Crippen molar-refractivity contribution in [1.29, 1.82) is 0 Å². The van der Waals surface area contributed by atoms with Gasteiger partial charge in [-0.15, -0.1) is 0 Å². The Morgan fingerprint density at radius 3 is 2.73 bits per heavy atom. The Balaban J connectivity index is 1.85. The normalized spacial score (nSPS) is 14.1. The molecule has 6 nitrogen and oxygen atoms in total. The number of aromatic nitrogens is 2. The first-order valence-corrected chi connectivity index (χ1v) is 7.33. The largest absolute Gasteiger partial charge is 0.478 e. The van der Waals surface area contributed by atoms with E-state index >= 15 is 0 Å². The van der Waals surface area contributed by atoms with Gasteiger partial charge in [0.2, 0.25) is 0 Å². The molecule has 3 rings (SSSR count). The summed E-state index contributed by atoms with van der Waals surface area (Å²) in [6.45, 7) is 3.90. The van der Waals surface area contributed by atoms with Crippen molar-refractivity contribution in [1.82, 2.24) is 9.97 Å². The molecular formula is C16H18N4O2. The first-order chi connectivity index (χ1) is 10.6. The molecule has 0 aliphatic carbocycles. The molecule has 1 aliphatic heterocycles. The summed E-state index contributed by atoms with van der Waals surface area (Å²) in [4.78, 5) is 22.1. The minimum atomic E-state index is -0.944. The minimum Gasteiger partial charge on any atom is -0.478 e. The molecule has 1 aliphatic rings. The number of hydrogen-bond donors (Lipinski definition) is 2. The third-order valence-electron chi connectivity index (χ3n) is 3.64. The van der Waals surface area contributed by atoms with E-state index in [2.05, 4.69) is 20.2 Å². The van der Waals surface area contributed by atoms with Crippen molar-refractivity contribution in [3.63, 3.8) is 0 Å². The van der Waals surface area contributed by atoms with Gasteiger partial charge in [-0.2, -0.15) is 0 Å². The predicted octanol–water partition coefficient (Wildman–Crippen LogP) is 2.83. The summed E-state index contributed by atoms with van der Waals surface area (Å²) >= 11 is 0. The second-order valence-corrected chi connectivity index (χ2v) is 5.36. The van der Waals surface area contributed by atoms with Crippen molar-refractivity contribution in [3.8, 4) is 0 Å². The molecule has 1 aromatic heterocycles. The average molecular weight is 298 g/mol. The highest BCUT2D eigenvalue weighted by Crippen LogP contribution is 2.23. The highest BCUT2D eigenvalue weighted by atomic mass is 16.4. The molecule has 0 radical (unpaired) electrons. The first kappa shape index (κ1) is 14.3. The number of anilines is 3. The Morgan fingerprint density at radius 2 is 2.00 bits per heavy atom. The molecule has 1 aromatic carbocycles. The monoisotopic (exact) mass is 298 g/mol. The number of carboxylic acid groups (broad SMARTS) is 1. The molecule has 0 saturated carbocycles. The lowest BCUT2D eigenvalue weighted by atomic mass is 10.2. The van der Waals surface area contributed by atoms with Gasteiger partial charge in [-0.3, -0.25) is 0 Å². The zero-order valence-corrected chi connectivity index (χ0v) is 12.4. The molecule has 6 heteroatoms. The molecule has 1 saturated heterocycles. The Labute approximate surface area is 128 Å². The van der Waals surface area contributed by atoms with Gasteiger partial charge in [-0.05, 0) is 38.0 Å². The maximum Gasteiger partial charge on any atom is 0.335 e. The van der Waals surface area contributed by atoms with Crippen molar-refractivity contribution < 1.29 is 9.90 Å². The maximum absolute atomic E-state index is 11.0. The summed E-state index contributed by atoms with van der Waals surface area (Å²) in [5.41, 5.74) is 0.945. The van der Waals surface area contributed by atoms with Crippen LogP contribution >= 0.6 is 0 Å². The highest BCUT2D eigenvalue weighted by Gasteiger charge is 2.15. The van der Waals surface area contributed by atoms with Crippen molar-refractivity contribution in [2.75, 3.05) is 23.3 Å². The van der Waals surface area contributed by atoms with E-state index in [0.717, 1.165) is 18.9 Å². The van der Waals surface area contributed by atoms with E-state index in [-0.39, 0.29) is 5.56 Å². The second-order valence-electron chi connectivity index (χ2n) is 5.36. The molecule has 0 atom stereocenters. The molecule has 1 fully saturated rings. The van der Waals surface area contributed by atoms with Crippen LogP contribution in [0.4, 0.5) is 17.3 Å². The molecule has 2 aromatic rings. The van der Waals surface area contributed by atoms with Gasteiger partial charge in [-0.1, -0.05) is 6.07 Å². The summed E-state index contributed by atoms with van der Waals surface area (Å²) in [7, 11) is 0. The molecule has 0 unspecified atom stereocenters. The van der Waals surface area contributed by atoms with Crippen molar-refractivity contribution in [2.24, 2.45) is 0 Å². The number of aromatic carboxylic acids is 1. The van der Waals surface area contributed by atoms with Gasteiger partial charge in [0.15, 0.2) is 0 Å². The average Bonchev–Trinajstić information content (AvgIpc) is 3.01. The molecule has 2 heterocycles. The van der Waals surface area contributed by atoms with Crippen LogP contribution in [0.1, 0.15) is 29.0 Å². The van der Waals surface area contributed by atoms with Gasteiger partial charge >= 0.3 is 5.97 Å². The van der Waals surface area contributed by atoms with E-state index in [1.807, 2.05) is 19.1 Å². The maximum atomic E-state index is 11.0. The van der Waals surface area contributed by atoms with Crippen molar-refractivity contribution in [3.05, 3.63) is 41.7 Å². The lowest BCUT2D eigenvalue weighted by Crippen LogP contribution is -2.19. The fourth-order valence-electron chi connectivity index (χ4n) is 2.60. The number of aryl methyl sites for hydroxylation is 1. The number of nitrogens with one attached hydrogen (secondary N) is 1. The Kier molecular flexibility index (Phi) is 3.91. The van der Waals surface area contributed by atoms with Gasteiger partial charge in [0.05, 0.1) is 5.56 Å². The van der Waals surface area contributed by atoms with Crippen LogP contribution in [0.5, 0.6) is 0 Å². The van der Waals surface area contributed by atoms with Crippen molar-refractivity contribution in [2.45, 2.75) is 19.8 Å². The molecule has 2 N–H and O–H groups in total. The van der Waals surface area contributed by atoms with Crippen molar-refractivity contribution >= 4 is 23.3 Å². The van der Waals surface area contributed by atoms with Crippen LogP contribution in [-0.2, 0) is 0 Å². The van der Waals surface area contributed by atoms with Crippen LogP contribution < -0.4 is 10.2 Å².